The molecule has 0 N–H and O–H groups in total. The number of hydrogen-bond acceptors (Lipinski definition) is 7. The van der Waals surface area contributed by atoms with Gasteiger partial charge in [-0.3, -0.25) is 9.36 Å². The first-order valence-corrected chi connectivity index (χ1v) is 9.88. The van der Waals surface area contributed by atoms with E-state index in [1.807, 2.05) is 6.92 Å². The summed E-state index contributed by atoms with van der Waals surface area (Å²) in [4.78, 5) is 25.9. The van der Waals surface area contributed by atoms with E-state index in [4.69, 9.17) is 9.26 Å². The number of nitrogens with zero attached hydrogens (tertiary/aromatic N) is 6. The fourth-order valence-corrected chi connectivity index (χ4v) is 3.81. The van der Waals surface area contributed by atoms with Gasteiger partial charge >= 0.3 is 0 Å². The Morgan fingerprint density at radius 2 is 1.97 bits per heavy atom. The number of imidazole rings is 1. The van der Waals surface area contributed by atoms with Gasteiger partial charge in [0.1, 0.15) is 18.7 Å². The smallest absolute Gasteiger partial charge is 0.280 e. The van der Waals surface area contributed by atoms with E-state index in [0.717, 1.165) is 17.8 Å². The molecule has 1 fully saturated rings. The highest BCUT2D eigenvalue weighted by Gasteiger charge is 2.31. The van der Waals surface area contributed by atoms with Crippen molar-refractivity contribution in [3.8, 4) is 0 Å². The Labute approximate surface area is 172 Å². The third-order valence-electron chi connectivity index (χ3n) is 5.68. The van der Waals surface area contributed by atoms with Crippen LogP contribution in [0.3, 0.4) is 0 Å². The molecule has 9 heteroatoms. The molecule has 0 spiro atoms. The number of ether oxygens (including phenoxy) is 1. The van der Waals surface area contributed by atoms with Gasteiger partial charge in [0.2, 0.25) is 5.89 Å². The molecule has 0 bridgehead atoms. The van der Waals surface area contributed by atoms with E-state index in [1.165, 1.54) is 16.5 Å². The topological polar surface area (TPSA) is 101 Å². The first-order chi connectivity index (χ1) is 14.5. The normalized spacial score (nSPS) is 19.0. The Morgan fingerprint density at radius 3 is 2.77 bits per heavy atom. The molecule has 4 heterocycles. The number of aromatic nitrogens is 6. The monoisotopic (exact) mass is 406 g/mol. The number of fused-ring (bicyclic) bond motifs is 1. The molecule has 4 aromatic rings. The Hall–Kier alpha value is -3.33. The van der Waals surface area contributed by atoms with E-state index in [0.29, 0.717) is 29.5 Å². The highest BCUT2D eigenvalue weighted by molar-refractivity contribution is 5.69. The zero-order chi connectivity index (χ0) is 20.8. The zero-order valence-electron chi connectivity index (χ0n) is 17.1. The molecular weight excluding hydrogens is 384 g/mol. The van der Waals surface area contributed by atoms with Crippen molar-refractivity contribution in [1.82, 2.24) is 29.2 Å². The maximum absolute atomic E-state index is 12.8. The summed E-state index contributed by atoms with van der Waals surface area (Å²) in [5, 5.41) is 4.13. The van der Waals surface area contributed by atoms with Crippen LogP contribution in [0.25, 0.3) is 11.2 Å². The van der Waals surface area contributed by atoms with Crippen molar-refractivity contribution in [2.24, 2.45) is 7.05 Å². The number of aryl methyl sites for hydroxylation is 3. The second-order valence-electron chi connectivity index (χ2n) is 7.78. The lowest BCUT2D eigenvalue weighted by Gasteiger charge is -2.09. The molecule has 154 valence electrons. The molecule has 0 unspecified atom stereocenters. The van der Waals surface area contributed by atoms with Gasteiger partial charge in [0.05, 0.1) is 12.7 Å². The van der Waals surface area contributed by atoms with Gasteiger partial charge in [-0.15, -0.1) is 0 Å². The van der Waals surface area contributed by atoms with Crippen LogP contribution in [0.4, 0.5) is 0 Å². The van der Waals surface area contributed by atoms with Gasteiger partial charge in [-0.25, -0.2) is 9.97 Å². The van der Waals surface area contributed by atoms with Crippen molar-refractivity contribution in [2.45, 2.75) is 38.8 Å². The molecule has 0 radical (unpaired) electrons. The van der Waals surface area contributed by atoms with Gasteiger partial charge in [-0.1, -0.05) is 35.0 Å². The predicted octanol–water partition coefficient (Wildman–Crippen LogP) is 2.42. The van der Waals surface area contributed by atoms with Crippen molar-refractivity contribution in [1.29, 1.82) is 0 Å². The van der Waals surface area contributed by atoms with Crippen molar-refractivity contribution in [3.63, 3.8) is 0 Å². The molecule has 0 aliphatic carbocycles. The molecule has 0 amide bonds. The second kappa shape index (κ2) is 7.17. The maximum atomic E-state index is 12.8. The van der Waals surface area contributed by atoms with Crippen molar-refractivity contribution >= 4 is 11.2 Å². The van der Waals surface area contributed by atoms with E-state index in [9.17, 15) is 4.79 Å². The fourth-order valence-electron chi connectivity index (χ4n) is 3.81. The molecule has 2 atom stereocenters. The van der Waals surface area contributed by atoms with Crippen LogP contribution < -0.4 is 5.56 Å². The van der Waals surface area contributed by atoms with Crippen molar-refractivity contribution in [2.75, 3.05) is 6.61 Å². The predicted molar refractivity (Wildman–Crippen MR) is 108 cm³/mol. The van der Waals surface area contributed by atoms with Crippen LogP contribution in [0.2, 0.25) is 0 Å². The summed E-state index contributed by atoms with van der Waals surface area (Å²) in [5.74, 6) is 1.77. The Kier molecular flexibility index (Phi) is 4.47. The molecular formula is C21H22N6O3. The largest absolute Gasteiger partial charge is 0.373 e. The van der Waals surface area contributed by atoms with Gasteiger partial charge < -0.3 is 13.8 Å². The van der Waals surface area contributed by atoms with Crippen LogP contribution in [0, 0.1) is 13.8 Å². The Morgan fingerprint density at radius 1 is 1.17 bits per heavy atom. The number of hydrogen-bond donors (Lipinski definition) is 0. The van der Waals surface area contributed by atoms with Crippen LogP contribution in [-0.4, -0.2) is 35.8 Å². The molecule has 1 saturated heterocycles. The Balaban J connectivity index is 1.33. The first kappa shape index (κ1) is 18.7. The molecule has 1 aliphatic rings. The average molecular weight is 406 g/mol. The van der Waals surface area contributed by atoms with E-state index in [2.05, 4.69) is 51.3 Å². The van der Waals surface area contributed by atoms with Gasteiger partial charge in [-0.2, -0.15) is 4.98 Å². The number of rotatable bonds is 4. The minimum atomic E-state index is -0.188. The molecule has 3 aromatic heterocycles. The summed E-state index contributed by atoms with van der Waals surface area (Å²) in [5.41, 5.74) is 3.09. The van der Waals surface area contributed by atoms with Crippen LogP contribution in [0.15, 0.2) is 39.9 Å². The molecule has 0 saturated carbocycles. The van der Waals surface area contributed by atoms with Gasteiger partial charge in [0, 0.05) is 13.0 Å². The van der Waals surface area contributed by atoms with Crippen molar-refractivity contribution in [3.05, 3.63) is 69.6 Å². The van der Waals surface area contributed by atoms with E-state index in [1.54, 1.807) is 11.6 Å². The summed E-state index contributed by atoms with van der Waals surface area (Å²) < 4.78 is 14.6. The second-order valence-corrected chi connectivity index (χ2v) is 7.78. The minimum Gasteiger partial charge on any atom is -0.373 e. The molecule has 30 heavy (non-hydrogen) atoms. The van der Waals surface area contributed by atoms with Gasteiger partial charge in [-0.05, 0) is 25.8 Å². The third kappa shape index (κ3) is 3.21. The molecule has 1 aromatic carbocycles. The van der Waals surface area contributed by atoms with Crippen LogP contribution in [0.5, 0.6) is 0 Å². The molecule has 5 rings (SSSR count). The highest BCUT2D eigenvalue weighted by Crippen LogP contribution is 2.37. The average Bonchev–Trinajstić information content (AvgIpc) is 3.45. The van der Waals surface area contributed by atoms with E-state index in [-0.39, 0.29) is 24.1 Å². The minimum absolute atomic E-state index is 0.0276. The van der Waals surface area contributed by atoms with Crippen LogP contribution >= 0.6 is 0 Å². The quantitative estimate of drug-likeness (QED) is 0.513. The van der Waals surface area contributed by atoms with E-state index < -0.39 is 0 Å². The van der Waals surface area contributed by atoms with Crippen LogP contribution in [-0.2, 0) is 18.3 Å². The van der Waals surface area contributed by atoms with Crippen molar-refractivity contribution < 1.29 is 9.26 Å². The van der Waals surface area contributed by atoms with E-state index >= 15 is 0 Å². The zero-order valence-corrected chi connectivity index (χ0v) is 17.1. The Bertz CT molecular complexity index is 1270. The summed E-state index contributed by atoms with van der Waals surface area (Å²) in [7, 11) is 1.80. The summed E-state index contributed by atoms with van der Waals surface area (Å²) in [6, 6.07) is 8.37. The standard InChI is InChI=1S/C21H22N6O3/c1-12-4-6-14(7-5-12)16-8-15(10-29-16)19-24-17(30-25-19)9-27-11-22-20-18(21(27)28)26(3)13(2)23-20/h4-7,11,15-16H,8-10H2,1-3H3/t15-,16+/m0/s1. The fraction of sp³-hybridized carbons (Fsp3) is 0.381. The molecule has 9 nitrogen and oxygen atoms in total. The number of benzene rings is 1. The summed E-state index contributed by atoms with van der Waals surface area (Å²) >= 11 is 0. The SMILES string of the molecule is Cc1ccc([C@H]2C[C@H](c3noc(Cn4cnc5nc(C)n(C)c5c4=O)n3)CO2)cc1. The lowest BCUT2D eigenvalue weighted by atomic mass is 9.99. The van der Waals surface area contributed by atoms with Gasteiger partial charge in [0.25, 0.3) is 5.56 Å². The lowest BCUT2D eigenvalue weighted by Crippen LogP contribution is -2.22. The summed E-state index contributed by atoms with van der Waals surface area (Å²) in [6.07, 6.45) is 2.29. The van der Waals surface area contributed by atoms with Gasteiger partial charge in [0.15, 0.2) is 17.0 Å². The summed E-state index contributed by atoms with van der Waals surface area (Å²) in [6.45, 7) is 4.60. The lowest BCUT2D eigenvalue weighted by molar-refractivity contribution is 0.110. The third-order valence-corrected chi connectivity index (χ3v) is 5.68. The highest BCUT2D eigenvalue weighted by atomic mass is 16.5. The molecule has 1 aliphatic heterocycles. The first-order valence-electron chi connectivity index (χ1n) is 9.88. The van der Waals surface area contributed by atoms with Crippen LogP contribution in [0.1, 0.15) is 47.1 Å². The maximum Gasteiger partial charge on any atom is 0.280 e.